The summed E-state index contributed by atoms with van der Waals surface area (Å²) in [7, 11) is 0. The maximum atomic E-state index is 4.44. The highest BCUT2D eigenvalue weighted by Gasteiger charge is 2.12. The van der Waals surface area contributed by atoms with Crippen LogP contribution in [-0.4, -0.2) is 24.1 Å². The molecule has 1 aromatic rings. The van der Waals surface area contributed by atoms with E-state index in [1.165, 1.54) is 17.8 Å². The third kappa shape index (κ3) is 2.77. The predicted molar refractivity (Wildman–Crippen MR) is 59.6 cm³/mol. The molecule has 2 N–H and O–H groups in total. The van der Waals surface area contributed by atoms with E-state index in [2.05, 4.69) is 21.0 Å². The van der Waals surface area contributed by atoms with Crippen LogP contribution in [-0.2, 0) is 6.54 Å². The lowest BCUT2D eigenvalue weighted by Gasteiger charge is -2.23. The van der Waals surface area contributed by atoms with Crippen molar-refractivity contribution in [1.29, 1.82) is 0 Å². The molecule has 0 atom stereocenters. The first-order chi connectivity index (χ1) is 6.84. The van der Waals surface area contributed by atoms with Crippen molar-refractivity contribution in [3.8, 4) is 0 Å². The standard InChI is InChI=1S/C10H17N3S/c1-8-7-14-10(13-8)6-12-9-2-4-11-5-3-9/h7,9,11-12H,2-6H2,1H3. The van der Waals surface area contributed by atoms with Gasteiger partial charge in [0.15, 0.2) is 0 Å². The number of nitrogens with zero attached hydrogens (tertiary/aromatic N) is 1. The SMILES string of the molecule is Cc1csc(CNC2CCNCC2)n1. The van der Waals surface area contributed by atoms with Gasteiger partial charge in [-0.3, -0.25) is 0 Å². The van der Waals surface area contributed by atoms with Crippen molar-refractivity contribution in [1.82, 2.24) is 15.6 Å². The first kappa shape index (κ1) is 10.1. The maximum absolute atomic E-state index is 4.44. The number of piperidine rings is 1. The number of hydrogen-bond acceptors (Lipinski definition) is 4. The molecule has 1 saturated heterocycles. The van der Waals surface area contributed by atoms with Crippen LogP contribution in [0.25, 0.3) is 0 Å². The van der Waals surface area contributed by atoms with Crippen molar-refractivity contribution in [2.75, 3.05) is 13.1 Å². The summed E-state index contributed by atoms with van der Waals surface area (Å²) in [6.07, 6.45) is 2.48. The minimum atomic E-state index is 0.681. The molecular weight excluding hydrogens is 194 g/mol. The zero-order valence-corrected chi connectivity index (χ0v) is 9.36. The minimum absolute atomic E-state index is 0.681. The van der Waals surface area contributed by atoms with Crippen LogP contribution in [0.3, 0.4) is 0 Å². The number of aryl methyl sites for hydroxylation is 1. The second-order valence-corrected chi connectivity index (χ2v) is 4.73. The van der Waals surface area contributed by atoms with Crippen molar-refractivity contribution < 1.29 is 0 Å². The molecule has 1 aromatic heterocycles. The first-order valence-electron chi connectivity index (χ1n) is 5.20. The topological polar surface area (TPSA) is 37.0 Å². The zero-order valence-electron chi connectivity index (χ0n) is 8.55. The van der Waals surface area contributed by atoms with Gasteiger partial charge in [-0.1, -0.05) is 0 Å². The molecule has 0 unspecified atom stereocenters. The van der Waals surface area contributed by atoms with E-state index in [9.17, 15) is 0 Å². The summed E-state index contributed by atoms with van der Waals surface area (Å²) < 4.78 is 0. The fourth-order valence-corrected chi connectivity index (χ4v) is 2.46. The number of rotatable bonds is 3. The Bertz CT molecular complexity index is 279. The van der Waals surface area contributed by atoms with Crippen molar-refractivity contribution in [3.63, 3.8) is 0 Å². The van der Waals surface area contributed by atoms with E-state index in [4.69, 9.17) is 0 Å². The molecule has 78 valence electrons. The molecule has 4 heteroatoms. The van der Waals surface area contributed by atoms with E-state index in [0.717, 1.165) is 25.3 Å². The summed E-state index contributed by atoms with van der Waals surface area (Å²) in [4.78, 5) is 4.44. The van der Waals surface area contributed by atoms with Gasteiger partial charge in [0.1, 0.15) is 5.01 Å². The molecule has 0 bridgehead atoms. The molecule has 1 aliphatic heterocycles. The predicted octanol–water partition coefficient (Wildman–Crippen LogP) is 1.29. The molecule has 0 radical (unpaired) electrons. The number of thiazole rings is 1. The molecule has 1 aliphatic rings. The van der Waals surface area contributed by atoms with Crippen LogP contribution < -0.4 is 10.6 Å². The van der Waals surface area contributed by atoms with E-state index >= 15 is 0 Å². The Kier molecular flexibility index (Phi) is 3.50. The lowest BCUT2D eigenvalue weighted by atomic mass is 10.1. The van der Waals surface area contributed by atoms with Gasteiger partial charge in [0.2, 0.25) is 0 Å². The molecule has 3 nitrogen and oxygen atoms in total. The average Bonchev–Trinajstić information content (AvgIpc) is 2.63. The van der Waals surface area contributed by atoms with Gasteiger partial charge in [-0.2, -0.15) is 0 Å². The van der Waals surface area contributed by atoms with Gasteiger partial charge in [0.25, 0.3) is 0 Å². The Morgan fingerprint density at radius 2 is 2.36 bits per heavy atom. The van der Waals surface area contributed by atoms with E-state index in [1.807, 2.05) is 6.92 Å². The minimum Gasteiger partial charge on any atom is -0.317 e. The highest BCUT2D eigenvalue weighted by Crippen LogP contribution is 2.09. The summed E-state index contributed by atoms with van der Waals surface area (Å²) in [5.74, 6) is 0. The molecule has 0 aliphatic carbocycles. The number of aromatic nitrogens is 1. The van der Waals surface area contributed by atoms with Gasteiger partial charge in [-0.05, 0) is 32.9 Å². The third-order valence-electron chi connectivity index (χ3n) is 2.55. The molecular formula is C10H17N3S. The van der Waals surface area contributed by atoms with Crippen LogP contribution in [0, 0.1) is 6.92 Å². The van der Waals surface area contributed by atoms with Crippen LogP contribution in [0.5, 0.6) is 0 Å². The monoisotopic (exact) mass is 211 g/mol. The molecule has 0 aromatic carbocycles. The van der Waals surface area contributed by atoms with Gasteiger partial charge in [0, 0.05) is 23.7 Å². The smallest absolute Gasteiger partial charge is 0.107 e. The lowest BCUT2D eigenvalue weighted by Crippen LogP contribution is -2.39. The largest absolute Gasteiger partial charge is 0.317 e. The van der Waals surface area contributed by atoms with Crippen LogP contribution in [0.15, 0.2) is 5.38 Å². The van der Waals surface area contributed by atoms with Crippen LogP contribution in [0.1, 0.15) is 23.5 Å². The third-order valence-corrected chi connectivity index (χ3v) is 3.51. The van der Waals surface area contributed by atoms with Gasteiger partial charge < -0.3 is 10.6 Å². The first-order valence-corrected chi connectivity index (χ1v) is 6.07. The normalized spacial score (nSPS) is 18.6. The van der Waals surface area contributed by atoms with Crippen LogP contribution in [0.2, 0.25) is 0 Å². The van der Waals surface area contributed by atoms with Crippen LogP contribution >= 0.6 is 11.3 Å². The molecule has 2 rings (SSSR count). The average molecular weight is 211 g/mol. The maximum Gasteiger partial charge on any atom is 0.107 e. The lowest BCUT2D eigenvalue weighted by molar-refractivity contribution is 0.386. The zero-order chi connectivity index (χ0) is 9.80. The Morgan fingerprint density at radius 3 is 3.00 bits per heavy atom. The van der Waals surface area contributed by atoms with Gasteiger partial charge in [0.05, 0.1) is 0 Å². The van der Waals surface area contributed by atoms with Gasteiger partial charge >= 0.3 is 0 Å². The second-order valence-electron chi connectivity index (χ2n) is 3.79. The van der Waals surface area contributed by atoms with Gasteiger partial charge in [-0.15, -0.1) is 11.3 Å². The highest BCUT2D eigenvalue weighted by molar-refractivity contribution is 7.09. The molecule has 0 amide bonds. The Balaban J connectivity index is 1.76. The summed E-state index contributed by atoms with van der Waals surface area (Å²) in [5.41, 5.74) is 1.14. The second kappa shape index (κ2) is 4.87. The molecule has 14 heavy (non-hydrogen) atoms. The summed E-state index contributed by atoms with van der Waals surface area (Å²) in [6.45, 7) is 5.27. The van der Waals surface area contributed by atoms with Crippen molar-refractivity contribution in [2.45, 2.75) is 32.4 Å². The number of nitrogens with one attached hydrogen (secondary N) is 2. The van der Waals surface area contributed by atoms with Crippen molar-refractivity contribution in [3.05, 3.63) is 16.1 Å². The Hall–Kier alpha value is -0.450. The van der Waals surface area contributed by atoms with Crippen LogP contribution in [0.4, 0.5) is 0 Å². The molecule has 0 saturated carbocycles. The fraction of sp³-hybridized carbons (Fsp3) is 0.700. The van der Waals surface area contributed by atoms with Crippen molar-refractivity contribution in [2.24, 2.45) is 0 Å². The summed E-state index contributed by atoms with van der Waals surface area (Å²) >= 11 is 1.75. The van der Waals surface area contributed by atoms with E-state index in [0.29, 0.717) is 6.04 Å². The van der Waals surface area contributed by atoms with E-state index < -0.39 is 0 Å². The molecule has 0 spiro atoms. The Morgan fingerprint density at radius 1 is 1.57 bits per heavy atom. The highest BCUT2D eigenvalue weighted by atomic mass is 32.1. The quantitative estimate of drug-likeness (QED) is 0.791. The van der Waals surface area contributed by atoms with Gasteiger partial charge in [-0.25, -0.2) is 4.98 Å². The number of hydrogen-bond donors (Lipinski definition) is 2. The molecule has 2 heterocycles. The Labute approximate surface area is 88.9 Å². The summed E-state index contributed by atoms with van der Waals surface area (Å²) in [6, 6.07) is 0.681. The summed E-state index contributed by atoms with van der Waals surface area (Å²) in [5, 5.41) is 10.2. The molecule has 1 fully saturated rings. The van der Waals surface area contributed by atoms with E-state index in [1.54, 1.807) is 11.3 Å². The van der Waals surface area contributed by atoms with E-state index in [-0.39, 0.29) is 0 Å². The van der Waals surface area contributed by atoms with Crippen molar-refractivity contribution >= 4 is 11.3 Å². The fourth-order valence-electron chi connectivity index (χ4n) is 1.74.